The summed E-state index contributed by atoms with van der Waals surface area (Å²) in [4.78, 5) is 8.10. The SMILES string of the molecule is CN1CCN(C2(Cc3ccccc3)CCC3(CCN(C(C)(C)C)CC3)CC2)CC1. The maximum atomic E-state index is 2.89. The predicted molar refractivity (Wildman–Crippen MR) is 123 cm³/mol. The van der Waals surface area contributed by atoms with Crippen molar-refractivity contribution in [1.82, 2.24) is 14.7 Å². The lowest BCUT2D eigenvalue weighted by atomic mass is 9.61. The van der Waals surface area contributed by atoms with E-state index >= 15 is 0 Å². The molecule has 1 aromatic rings. The Balaban J connectivity index is 1.46. The largest absolute Gasteiger partial charge is 0.304 e. The van der Waals surface area contributed by atoms with Gasteiger partial charge >= 0.3 is 0 Å². The molecule has 2 aliphatic heterocycles. The summed E-state index contributed by atoms with van der Waals surface area (Å²) in [7, 11) is 2.28. The number of piperidine rings is 1. The highest BCUT2D eigenvalue weighted by Crippen LogP contribution is 2.50. The highest BCUT2D eigenvalue weighted by Gasteiger charge is 2.47. The number of likely N-dealkylation sites (tertiary alicyclic amines) is 1. The van der Waals surface area contributed by atoms with Crippen LogP contribution in [0.1, 0.15) is 64.9 Å². The minimum Gasteiger partial charge on any atom is -0.304 e. The third kappa shape index (κ3) is 4.73. The summed E-state index contributed by atoms with van der Waals surface area (Å²) in [6, 6.07) is 11.3. The molecule has 29 heavy (non-hydrogen) atoms. The number of rotatable bonds is 3. The molecule has 0 atom stereocenters. The van der Waals surface area contributed by atoms with Crippen LogP contribution in [-0.2, 0) is 6.42 Å². The molecule has 4 rings (SSSR count). The minimum atomic E-state index is 0.327. The number of hydrogen-bond donors (Lipinski definition) is 0. The zero-order valence-electron chi connectivity index (χ0n) is 19.4. The lowest BCUT2D eigenvalue weighted by Crippen LogP contribution is -2.60. The van der Waals surface area contributed by atoms with Crippen LogP contribution in [0.5, 0.6) is 0 Å². The van der Waals surface area contributed by atoms with Crippen molar-refractivity contribution in [3.63, 3.8) is 0 Å². The Morgan fingerprint density at radius 2 is 1.34 bits per heavy atom. The van der Waals surface area contributed by atoms with Gasteiger partial charge in [0.2, 0.25) is 0 Å². The van der Waals surface area contributed by atoms with Gasteiger partial charge < -0.3 is 4.90 Å². The van der Waals surface area contributed by atoms with E-state index in [0.29, 0.717) is 16.5 Å². The average molecular weight is 398 g/mol. The van der Waals surface area contributed by atoms with Crippen molar-refractivity contribution >= 4 is 0 Å². The molecule has 3 nitrogen and oxygen atoms in total. The Kier molecular flexibility index (Phi) is 6.12. The zero-order chi connectivity index (χ0) is 20.5. The molecule has 1 spiro atoms. The molecule has 0 aromatic heterocycles. The summed E-state index contributed by atoms with van der Waals surface area (Å²) < 4.78 is 0. The second kappa shape index (κ2) is 8.32. The van der Waals surface area contributed by atoms with Crippen LogP contribution in [0, 0.1) is 5.41 Å². The first-order valence-electron chi connectivity index (χ1n) is 12.0. The van der Waals surface area contributed by atoms with Gasteiger partial charge in [-0.05, 0) is 96.8 Å². The van der Waals surface area contributed by atoms with Crippen molar-refractivity contribution in [2.75, 3.05) is 46.3 Å². The first kappa shape index (κ1) is 21.3. The fraction of sp³-hybridized carbons (Fsp3) is 0.769. The van der Waals surface area contributed by atoms with Crippen LogP contribution < -0.4 is 0 Å². The maximum Gasteiger partial charge on any atom is 0.0251 e. The standard InChI is InChI=1S/C26H43N3/c1-24(2,3)28-16-14-25(15-17-28)10-12-26(13-11-25,22-23-8-6-5-7-9-23)29-20-18-27(4)19-21-29/h5-9H,10-22H2,1-4H3. The van der Waals surface area contributed by atoms with Gasteiger partial charge in [0.05, 0.1) is 0 Å². The number of piperazine rings is 1. The molecule has 3 heteroatoms. The van der Waals surface area contributed by atoms with E-state index in [0.717, 1.165) is 0 Å². The topological polar surface area (TPSA) is 9.72 Å². The summed E-state index contributed by atoms with van der Waals surface area (Å²) in [5, 5.41) is 0. The third-order valence-electron chi connectivity index (χ3n) is 8.56. The summed E-state index contributed by atoms with van der Waals surface area (Å²) in [6.07, 6.45) is 9.71. The second-order valence-corrected chi connectivity index (χ2v) is 11.3. The summed E-state index contributed by atoms with van der Waals surface area (Å²) in [5.41, 5.74) is 2.86. The van der Waals surface area contributed by atoms with Crippen LogP contribution in [0.25, 0.3) is 0 Å². The van der Waals surface area contributed by atoms with Gasteiger partial charge in [-0.15, -0.1) is 0 Å². The molecule has 2 heterocycles. The van der Waals surface area contributed by atoms with Crippen LogP contribution in [0.4, 0.5) is 0 Å². The van der Waals surface area contributed by atoms with Crippen molar-refractivity contribution in [1.29, 1.82) is 0 Å². The minimum absolute atomic E-state index is 0.327. The molecule has 2 saturated heterocycles. The fourth-order valence-electron chi connectivity index (χ4n) is 6.26. The molecule has 1 aromatic carbocycles. The zero-order valence-corrected chi connectivity index (χ0v) is 19.4. The molecule has 1 saturated carbocycles. The van der Waals surface area contributed by atoms with Crippen LogP contribution in [0.3, 0.4) is 0 Å². The van der Waals surface area contributed by atoms with Gasteiger partial charge in [-0.1, -0.05) is 30.3 Å². The first-order chi connectivity index (χ1) is 13.8. The normalized spacial score (nSPS) is 26.6. The van der Waals surface area contributed by atoms with E-state index in [1.165, 1.54) is 89.8 Å². The number of benzene rings is 1. The molecule has 1 aliphatic carbocycles. The molecule has 0 radical (unpaired) electrons. The Labute approximate surface area is 179 Å². The van der Waals surface area contributed by atoms with Crippen molar-refractivity contribution in [3.05, 3.63) is 35.9 Å². The quantitative estimate of drug-likeness (QED) is 0.734. The highest BCUT2D eigenvalue weighted by atomic mass is 15.3. The molecule has 3 aliphatic rings. The summed E-state index contributed by atoms with van der Waals surface area (Å²) in [5.74, 6) is 0. The summed E-state index contributed by atoms with van der Waals surface area (Å²) in [6.45, 7) is 14.7. The monoisotopic (exact) mass is 397 g/mol. The van der Waals surface area contributed by atoms with Crippen molar-refractivity contribution in [3.8, 4) is 0 Å². The van der Waals surface area contributed by atoms with Gasteiger partial charge in [0.1, 0.15) is 0 Å². The molecule has 0 unspecified atom stereocenters. The van der Waals surface area contributed by atoms with E-state index in [-0.39, 0.29) is 0 Å². The molecule has 162 valence electrons. The molecular weight excluding hydrogens is 354 g/mol. The van der Waals surface area contributed by atoms with E-state index in [2.05, 4.69) is 72.9 Å². The van der Waals surface area contributed by atoms with E-state index in [9.17, 15) is 0 Å². The van der Waals surface area contributed by atoms with Crippen LogP contribution in [-0.4, -0.2) is 72.1 Å². The van der Waals surface area contributed by atoms with Crippen molar-refractivity contribution in [2.45, 2.75) is 76.8 Å². The lowest BCUT2D eigenvalue weighted by Gasteiger charge is -2.56. The number of hydrogen-bond acceptors (Lipinski definition) is 3. The Bertz CT molecular complexity index is 636. The van der Waals surface area contributed by atoms with Gasteiger partial charge in [0, 0.05) is 37.3 Å². The first-order valence-corrected chi connectivity index (χ1v) is 12.0. The third-order valence-corrected chi connectivity index (χ3v) is 8.56. The van der Waals surface area contributed by atoms with E-state index in [1.54, 1.807) is 0 Å². The Hall–Kier alpha value is -0.900. The lowest BCUT2D eigenvalue weighted by molar-refractivity contribution is -0.0443. The molecule has 0 N–H and O–H groups in total. The highest BCUT2D eigenvalue weighted by molar-refractivity contribution is 5.19. The van der Waals surface area contributed by atoms with E-state index < -0.39 is 0 Å². The van der Waals surface area contributed by atoms with Crippen molar-refractivity contribution in [2.24, 2.45) is 5.41 Å². The Morgan fingerprint density at radius 3 is 1.90 bits per heavy atom. The van der Waals surface area contributed by atoms with Crippen LogP contribution >= 0.6 is 0 Å². The molecule has 0 bridgehead atoms. The Morgan fingerprint density at radius 1 is 0.759 bits per heavy atom. The van der Waals surface area contributed by atoms with Gasteiger partial charge in [-0.2, -0.15) is 0 Å². The maximum absolute atomic E-state index is 2.89. The van der Waals surface area contributed by atoms with Gasteiger partial charge in [0.15, 0.2) is 0 Å². The van der Waals surface area contributed by atoms with E-state index in [1.807, 2.05) is 0 Å². The van der Waals surface area contributed by atoms with Crippen molar-refractivity contribution < 1.29 is 0 Å². The number of nitrogens with zero attached hydrogens (tertiary/aromatic N) is 3. The number of likely N-dealkylation sites (N-methyl/N-ethyl adjacent to an activating group) is 1. The van der Waals surface area contributed by atoms with Gasteiger partial charge in [0.25, 0.3) is 0 Å². The van der Waals surface area contributed by atoms with Gasteiger partial charge in [-0.25, -0.2) is 0 Å². The molecular formula is C26H43N3. The fourth-order valence-corrected chi connectivity index (χ4v) is 6.26. The second-order valence-electron chi connectivity index (χ2n) is 11.3. The average Bonchev–Trinajstić information content (AvgIpc) is 2.71. The predicted octanol–water partition coefficient (Wildman–Crippen LogP) is 4.67. The van der Waals surface area contributed by atoms with Crippen LogP contribution in [0.15, 0.2) is 30.3 Å². The smallest absolute Gasteiger partial charge is 0.0251 e. The van der Waals surface area contributed by atoms with Crippen LogP contribution in [0.2, 0.25) is 0 Å². The molecule has 0 amide bonds. The van der Waals surface area contributed by atoms with Gasteiger partial charge in [-0.3, -0.25) is 9.80 Å². The summed E-state index contributed by atoms with van der Waals surface area (Å²) >= 11 is 0. The molecule has 3 fully saturated rings. The van der Waals surface area contributed by atoms with E-state index in [4.69, 9.17) is 0 Å².